The third-order valence-electron chi connectivity index (χ3n) is 1.58. The highest BCUT2D eigenvalue weighted by molar-refractivity contribution is 7.11. The van der Waals surface area contributed by atoms with Crippen molar-refractivity contribution in [1.29, 1.82) is 0 Å². The first-order chi connectivity index (χ1) is 5.91. The van der Waals surface area contributed by atoms with E-state index in [2.05, 4.69) is 39.6 Å². The zero-order chi connectivity index (χ0) is 10.6. The SMILES string of the molecule is CC.Cc1nc(C)c(C(C)(C)C)s1. The quantitative estimate of drug-likeness (QED) is 0.613. The Morgan fingerprint density at radius 3 is 1.69 bits per heavy atom. The smallest absolute Gasteiger partial charge is 0.0900 e. The van der Waals surface area contributed by atoms with Gasteiger partial charge in [-0.2, -0.15) is 0 Å². The van der Waals surface area contributed by atoms with Crippen molar-refractivity contribution in [3.05, 3.63) is 15.6 Å². The summed E-state index contributed by atoms with van der Waals surface area (Å²) in [5, 5.41) is 1.17. The summed E-state index contributed by atoms with van der Waals surface area (Å²) in [5.74, 6) is 0. The number of thiazole rings is 1. The predicted molar refractivity (Wildman–Crippen MR) is 61.6 cm³/mol. The fourth-order valence-corrected chi connectivity index (χ4v) is 2.20. The molecule has 0 atom stereocenters. The van der Waals surface area contributed by atoms with Crippen LogP contribution in [0.25, 0.3) is 0 Å². The van der Waals surface area contributed by atoms with Crippen molar-refractivity contribution in [3.63, 3.8) is 0 Å². The summed E-state index contributed by atoms with van der Waals surface area (Å²) in [6, 6.07) is 0. The van der Waals surface area contributed by atoms with E-state index in [9.17, 15) is 0 Å². The predicted octanol–water partition coefficient (Wildman–Crippen LogP) is 4.08. The molecule has 0 unspecified atom stereocenters. The first kappa shape index (κ1) is 12.6. The maximum Gasteiger partial charge on any atom is 0.0900 e. The van der Waals surface area contributed by atoms with Crippen LogP contribution in [0.5, 0.6) is 0 Å². The van der Waals surface area contributed by atoms with Gasteiger partial charge in [-0.05, 0) is 19.3 Å². The fraction of sp³-hybridized carbons (Fsp3) is 0.727. The van der Waals surface area contributed by atoms with Gasteiger partial charge in [0.05, 0.1) is 10.7 Å². The fourth-order valence-electron chi connectivity index (χ4n) is 1.23. The van der Waals surface area contributed by atoms with Gasteiger partial charge in [0.2, 0.25) is 0 Å². The maximum absolute atomic E-state index is 4.40. The van der Waals surface area contributed by atoms with Crippen LogP contribution in [0.1, 0.15) is 50.2 Å². The molecule has 0 spiro atoms. The zero-order valence-electron chi connectivity index (χ0n) is 9.86. The highest BCUT2D eigenvalue weighted by Crippen LogP contribution is 2.30. The largest absolute Gasteiger partial charge is 0.247 e. The van der Waals surface area contributed by atoms with Crippen LogP contribution in [-0.2, 0) is 5.41 Å². The van der Waals surface area contributed by atoms with Crippen LogP contribution in [0, 0.1) is 13.8 Å². The Bertz CT molecular complexity index is 256. The van der Waals surface area contributed by atoms with Crippen LogP contribution in [-0.4, -0.2) is 4.98 Å². The summed E-state index contributed by atoms with van der Waals surface area (Å²) in [6.07, 6.45) is 0. The summed E-state index contributed by atoms with van der Waals surface area (Å²) in [5.41, 5.74) is 1.45. The number of hydrogen-bond donors (Lipinski definition) is 0. The Labute approximate surface area is 86.2 Å². The van der Waals surface area contributed by atoms with E-state index in [1.807, 2.05) is 25.2 Å². The molecule has 0 saturated carbocycles. The lowest BCUT2D eigenvalue weighted by Gasteiger charge is -2.16. The van der Waals surface area contributed by atoms with Gasteiger partial charge in [0, 0.05) is 4.88 Å². The molecule has 2 heteroatoms. The van der Waals surface area contributed by atoms with Crippen LogP contribution in [0.15, 0.2) is 0 Å². The first-order valence-electron chi connectivity index (χ1n) is 4.86. The van der Waals surface area contributed by atoms with Gasteiger partial charge in [-0.1, -0.05) is 34.6 Å². The van der Waals surface area contributed by atoms with E-state index in [0.29, 0.717) is 0 Å². The molecular formula is C11H21NS. The summed E-state index contributed by atoms with van der Waals surface area (Å²) >= 11 is 1.81. The van der Waals surface area contributed by atoms with E-state index in [4.69, 9.17) is 0 Å². The van der Waals surface area contributed by atoms with Crippen molar-refractivity contribution in [1.82, 2.24) is 4.98 Å². The summed E-state index contributed by atoms with van der Waals surface area (Å²) < 4.78 is 0. The van der Waals surface area contributed by atoms with Crippen molar-refractivity contribution in [3.8, 4) is 0 Å². The Hall–Kier alpha value is -0.370. The Morgan fingerprint density at radius 1 is 1.08 bits per heavy atom. The van der Waals surface area contributed by atoms with Crippen LogP contribution in [0.2, 0.25) is 0 Å². The number of nitrogens with zero attached hydrogens (tertiary/aromatic N) is 1. The molecule has 0 N–H and O–H groups in total. The molecule has 13 heavy (non-hydrogen) atoms. The molecule has 0 saturated heterocycles. The number of aryl methyl sites for hydroxylation is 2. The molecule has 0 aliphatic carbocycles. The topological polar surface area (TPSA) is 12.9 Å². The van der Waals surface area contributed by atoms with Crippen LogP contribution < -0.4 is 0 Å². The summed E-state index contributed by atoms with van der Waals surface area (Å²) in [4.78, 5) is 5.81. The van der Waals surface area contributed by atoms with Gasteiger partial charge in [-0.25, -0.2) is 4.98 Å². The van der Waals surface area contributed by atoms with Gasteiger partial charge in [0.1, 0.15) is 0 Å². The molecule has 76 valence electrons. The number of hydrogen-bond acceptors (Lipinski definition) is 2. The van der Waals surface area contributed by atoms with Crippen molar-refractivity contribution < 1.29 is 0 Å². The number of rotatable bonds is 0. The lowest BCUT2D eigenvalue weighted by Crippen LogP contribution is -2.10. The van der Waals surface area contributed by atoms with Gasteiger partial charge in [0.25, 0.3) is 0 Å². The van der Waals surface area contributed by atoms with Crippen LogP contribution in [0.3, 0.4) is 0 Å². The molecule has 0 aromatic carbocycles. The maximum atomic E-state index is 4.40. The van der Waals surface area contributed by atoms with Crippen molar-refractivity contribution >= 4 is 11.3 Å². The second-order valence-electron chi connectivity index (χ2n) is 3.90. The minimum Gasteiger partial charge on any atom is -0.247 e. The minimum absolute atomic E-state index is 0.260. The van der Waals surface area contributed by atoms with E-state index in [-0.39, 0.29) is 5.41 Å². The average Bonchev–Trinajstić information content (AvgIpc) is 2.33. The van der Waals surface area contributed by atoms with Gasteiger partial charge in [0.15, 0.2) is 0 Å². The highest BCUT2D eigenvalue weighted by Gasteiger charge is 2.19. The lowest BCUT2D eigenvalue weighted by atomic mass is 9.94. The number of aromatic nitrogens is 1. The van der Waals surface area contributed by atoms with E-state index in [1.54, 1.807) is 0 Å². The molecular weight excluding hydrogens is 178 g/mol. The summed E-state index contributed by atoms with van der Waals surface area (Å²) in [6.45, 7) is 14.8. The molecule has 1 aromatic heterocycles. The van der Waals surface area contributed by atoms with E-state index in [0.717, 1.165) is 0 Å². The van der Waals surface area contributed by atoms with Crippen LogP contribution >= 0.6 is 11.3 Å². The average molecular weight is 199 g/mol. The van der Waals surface area contributed by atoms with Gasteiger partial charge < -0.3 is 0 Å². The lowest BCUT2D eigenvalue weighted by molar-refractivity contribution is 0.598. The Morgan fingerprint density at radius 2 is 1.54 bits per heavy atom. The van der Waals surface area contributed by atoms with E-state index < -0.39 is 0 Å². The second kappa shape index (κ2) is 4.75. The highest BCUT2D eigenvalue weighted by atomic mass is 32.1. The molecule has 0 fully saturated rings. The van der Waals surface area contributed by atoms with Gasteiger partial charge >= 0.3 is 0 Å². The molecule has 0 radical (unpaired) electrons. The summed E-state index contributed by atoms with van der Waals surface area (Å²) in [7, 11) is 0. The van der Waals surface area contributed by atoms with Crippen molar-refractivity contribution in [2.45, 2.75) is 53.9 Å². The first-order valence-corrected chi connectivity index (χ1v) is 5.67. The third-order valence-corrected chi connectivity index (χ3v) is 3.08. The molecule has 1 aromatic rings. The molecule has 0 amide bonds. The monoisotopic (exact) mass is 199 g/mol. The van der Waals surface area contributed by atoms with Crippen molar-refractivity contribution in [2.24, 2.45) is 0 Å². The zero-order valence-corrected chi connectivity index (χ0v) is 10.7. The minimum atomic E-state index is 0.260. The van der Waals surface area contributed by atoms with Gasteiger partial charge in [-0.3, -0.25) is 0 Å². The molecule has 0 aliphatic rings. The molecule has 1 heterocycles. The molecule has 0 aliphatic heterocycles. The van der Waals surface area contributed by atoms with Crippen LogP contribution in [0.4, 0.5) is 0 Å². The van der Waals surface area contributed by atoms with E-state index in [1.165, 1.54) is 15.6 Å². The standard InChI is InChI=1S/C9H15NS.C2H6/c1-6-8(9(3,4)5)11-7(2)10-6;1-2/h1-5H3;1-2H3. The molecule has 1 nitrogen and oxygen atoms in total. The van der Waals surface area contributed by atoms with Gasteiger partial charge in [-0.15, -0.1) is 11.3 Å². The van der Waals surface area contributed by atoms with E-state index >= 15 is 0 Å². The molecule has 0 bridgehead atoms. The Kier molecular flexibility index (Phi) is 4.62. The molecule has 1 rings (SSSR count). The third kappa shape index (κ3) is 3.47. The second-order valence-corrected chi connectivity index (χ2v) is 5.10. The normalized spacial score (nSPS) is 10.7. The Balaban J connectivity index is 0.000000671. The van der Waals surface area contributed by atoms with Crippen molar-refractivity contribution in [2.75, 3.05) is 0 Å².